The molecule has 1 rings (SSSR count). The van der Waals surface area contributed by atoms with E-state index < -0.39 is 5.60 Å². The van der Waals surface area contributed by atoms with Crippen LogP contribution >= 0.6 is 0 Å². The summed E-state index contributed by atoms with van der Waals surface area (Å²) in [5.74, 6) is 1.22. The van der Waals surface area contributed by atoms with E-state index in [0.717, 1.165) is 0 Å². The van der Waals surface area contributed by atoms with Crippen LogP contribution in [0, 0.1) is 5.92 Å². The van der Waals surface area contributed by atoms with E-state index in [1.807, 2.05) is 0 Å². The number of ether oxygens (including phenoxy) is 1. The van der Waals surface area contributed by atoms with Crippen LogP contribution in [0.2, 0.25) is 0 Å². The molecule has 0 aliphatic carbocycles. The van der Waals surface area contributed by atoms with Crippen LogP contribution in [0.3, 0.4) is 0 Å². The topological polar surface area (TPSA) is 93.3 Å². The minimum absolute atomic E-state index is 0.330. The molecule has 1 aromatic heterocycles. The van der Waals surface area contributed by atoms with Gasteiger partial charge in [-0.2, -0.15) is 4.98 Å². The summed E-state index contributed by atoms with van der Waals surface area (Å²) < 4.78 is 5.00. The number of nitrogens with two attached hydrogens (primary N) is 1. The van der Waals surface area contributed by atoms with Crippen molar-refractivity contribution in [1.29, 1.82) is 0 Å². The molecule has 102 valence electrons. The van der Waals surface area contributed by atoms with E-state index in [2.05, 4.69) is 29.1 Å². The van der Waals surface area contributed by atoms with Crippen molar-refractivity contribution in [2.24, 2.45) is 5.92 Å². The number of methoxy groups -OCH3 is 1. The van der Waals surface area contributed by atoms with Crippen LogP contribution in [0.25, 0.3) is 0 Å². The molecule has 0 aromatic carbocycles. The second-order valence-electron chi connectivity index (χ2n) is 5.09. The zero-order valence-corrected chi connectivity index (χ0v) is 11.4. The van der Waals surface area contributed by atoms with Gasteiger partial charge in [0.2, 0.25) is 5.88 Å². The summed E-state index contributed by atoms with van der Waals surface area (Å²) in [5, 5.41) is 13.2. The third-order valence-electron chi connectivity index (χ3n) is 2.53. The first kappa shape index (κ1) is 14.5. The van der Waals surface area contributed by atoms with Gasteiger partial charge in [-0.1, -0.05) is 13.8 Å². The van der Waals surface area contributed by atoms with Crippen LogP contribution in [-0.4, -0.2) is 34.3 Å². The van der Waals surface area contributed by atoms with Gasteiger partial charge >= 0.3 is 0 Å². The van der Waals surface area contributed by atoms with E-state index in [0.29, 0.717) is 36.3 Å². The number of hydrogen-bond donors (Lipinski definition) is 3. The summed E-state index contributed by atoms with van der Waals surface area (Å²) in [6, 6.07) is 0. The van der Waals surface area contributed by atoms with Crippen molar-refractivity contribution in [3.05, 3.63) is 6.33 Å². The summed E-state index contributed by atoms with van der Waals surface area (Å²) in [4.78, 5) is 7.92. The quantitative estimate of drug-likeness (QED) is 0.708. The van der Waals surface area contributed by atoms with Crippen molar-refractivity contribution in [1.82, 2.24) is 9.97 Å². The van der Waals surface area contributed by atoms with Gasteiger partial charge in [-0.05, 0) is 19.3 Å². The molecule has 6 nitrogen and oxygen atoms in total. The van der Waals surface area contributed by atoms with Gasteiger partial charge in [-0.3, -0.25) is 0 Å². The average Bonchev–Trinajstić information content (AvgIpc) is 2.26. The number of aliphatic hydroxyl groups is 1. The van der Waals surface area contributed by atoms with Crippen molar-refractivity contribution in [2.45, 2.75) is 32.8 Å². The molecule has 0 amide bonds. The third-order valence-corrected chi connectivity index (χ3v) is 2.53. The fraction of sp³-hybridized carbons (Fsp3) is 0.667. The highest BCUT2D eigenvalue weighted by atomic mass is 16.5. The maximum atomic E-state index is 10.2. The van der Waals surface area contributed by atoms with E-state index in [1.54, 1.807) is 6.92 Å². The second-order valence-corrected chi connectivity index (χ2v) is 5.09. The van der Waals surface area contributed by atoms with E-state index >= 15 is 0 Å². The Kier molecular flexibility index (Phi) is 4.72. The van der Waals surface area contributed by atoms with E-state index in [9.17, 15) is 5.11 Å². The van der Waals surface area contributed by atoms with Crippen molar-refractivity contribution in [3.63, 3.8) is 0 Å². The highest BCUT2D eigenvalue weighted by molar-refractivity contribution is 5.66. The van der Waals surface area contributed by atoms with Crippen LogP contribution in [0.5, 0.6) is 5.88 Å². The molecule has 0 bridgehead atoms. The van der Waals surface area contributed by atoms with E-state index in [-0.39, 0.29) is 0 Å². The van der Waals surface area contributed by atoms with Crippen LogP contribution < -0.4 is 15.8 Å². The molecule has 1 atom stereocenters. The summed E-state index contributed by atoms with van der Waals surface area (Å²) in [5.41, 5.74) is 5.37. The largest absolute Gasteiger partial charge is 0.479 e. The van der Waals surface area contributed by atoms with Gasteiger partial charge in [0, 0.05) is 6.54 Å². The molecule has 0 aliphatic heterocycles. The van der Waals surface area contributed by atoms with Gasteiger partial charge in [0.1, 0.15) is 12.0 Å². The van der Waals surface area contributed by atoms with Gasteiger partial charge in [-0.15, -0.1) is 0 Å². The maximum absolute atomic E-state index is 10.2. The number of hydrogen-bond acceptors (Lipinski definition) is 6. The molecule has 4 N–H and O–H groups in total. The van der Waals surface area contributed by atoms with Crippen molar-refractivity contribution >= 4 is 11.5 Å². The number of nitrogens with one attached hydrogen (secondary N) is 1. The predicted octanol–water partition coefficient (Wildman–Crippen LogP) is 1.28. The fourth-order valence-electron chi connectivity index (χ4n) is 1.91. The molecule has 0 fully saturated rings. The molecule has 0 saturated carbocycles. The summed E-state index contributed by atoms with van der Waals surface area (Å²) >= 11 is 0. The van der Waals surface area contributed by atoms with Gasteiger partial charge < -0.3 is 20.9 Å². The smallest absolute Gasteiger partial charge is 0.242 e. The highest BCUT2D eigenvalue weighted by Crippen LogP contribution is 2.25. The van der Waals surface area contributed by atoms with Crippen LogP contribution in [-0.2, 0) is 0 Å². The Morgan fingerprint density at radius 2 is 2.17 bits per heavy atom. The molecule has 18 heavy (non-hydrogen) atoms. The standard InChI is InChI=1S/C12H22N4O2/c1-8(2)5-12(3,17)6-14-10-9(13)11(18-4)16-7-15-10/h7-8,17H,5-6,13H2,1-4H3,(H,14,15,16). The SMILES string of the molecule is COc1ncnc(NCC(C)(O)CC(C)C)c1N. The molecule has 1 aromatic rings. The van der Waals surface area contributed by atoms with E-state index in [1.165, 1.54) is 13.4 Å². The lowest BCUT2D eigenvalue weighted by Crippen LogP contribution is -2.35. The Morgan fingerprint density at radius 3 is 2.72 bits per heavy atom. The summed E-state index contributed by atoms with van der Waals surface area (Å²) in [6.07, 6.45) is 2.07. The van der Waals surface area contributed by atoms with Gasteiger partial charge in [-0.25, -0.2) is 4.98 Å². The Hall–Kier alpha value is -1.56. The normalized spacial score (nSPS) is 14.3. The maximum Gasteiger partial charge on any atom is 0.242 e. The predicted molar refractivity (Wildman–Crippen MR) is 71.6 cm³/mol. The second kappa shape index (κ2) is 5.86. The molecule has 1 heterocycles. The summed E-state index contributed by atoms with van der Waals surface area (Å²) in [7, 11) is 1.50. The summed E-state index contributed by atoms with van der Waals surface area (Å²) in [6.45, 7) is 6.29. The highest BCUT2D eigenvalue weighted by Gasteiger charge is 2.22. The number of anilines is 2. The minimum Gasteiger partial charge on any atom is -0.479 e. The lowest BCUT2D eigenvalue weighted by Gasteiger charge is -2.26. The average molecular weight is 254 g/mol. The van der Waals surface area contributed by atoms with Crippen molar-refractivity contribution in [3.8, 4) is 5.88 Å². The lowest BCUT2D eigenvalue weighted by atomic mass is 9.94. The first-order valence-electron chi connectivity index (χ1n) is 5.96. The van der Waals surface area contributed by atoms with Crippen molar-refractivity contribution in [2.75, 3.05) is 24.7 Å². The number of rotatable bonds is 6. The Labute approximate surface area is 108 Å². The number of nitrogens with zero attached hydrogens (tertiary/aromatic N) is 2. The van der Waals surface area contributed by atoms with Crippen LogP contribution in [0.15, 0.2) is 6.33 Å². The third kappa shape index (κ3) is 4.03. The molecular weight excluding hydrogens is 232 g/mol. The molecule has 0 aliphatic rings. The zero-order valence-electron chi connectivity index (χ0n) is 11.4. The molecule has 1 unspecified atom stereocenters. The first-order valence-corrected chi connectivity index (χ1v) is 5.96. The fourth-order valence-corrected chi connectivity index (χ4v) is 1.91. The van der Waals surface area contributed by atoms with Gasteiger partial charge in [0.15, 0.2) is 5.82 Å². The molecule has 6 heteroatoms. The van der Waals surface area contributed by atoms with Gasteiger partial charge in [0.05, 0.1) is 12.7 Å². The Bertz CT molecular complexity index is 394. The number of nitrogen functional groups attached to an aromatic ring is 1. The first-order chi connectivity index (χ1) is 8.35. The van der Waals surface area contributed by atoms with Crippen molar-refractivity contribution < 1.29 is 9.84 Å². The molecule has 0 radical (unpaired) electrons. The van der Waals surface area contributed by atoms with Crippen LogP contribution in [0.1, 0.15) is 27.2 Å². The Balaban J connectivity index is 2.69. The lowest BCUT2D eigenvalue weighted by molar-refractivity contribution is 0.0515. The molecular formula is C12H22N4O2. The van der Waals surface area contributed by atoms with E-state index in [4.69, 9.17) is 10.5 Å². The zero-order chi connectivity index (χ0) is 13.8. The van der Waals surface area contributed by atoms with Crippen LogP contribution in [0.4, 0.5) is 11.5 Å². The minimum atomic E-state index is -0.807. The molecule has 0 spiro atoms. The number of aromatic nitrogens is 2. The molecule has 0 saturated heterocycles. The monoisotopic (exact) mass is 254 g/mol. The van der Waals surface area contributed by atoms with Gasteiger partial charge in [0.25, 0.3) is 0 Å². The Morgan fingerprint density at radius 1 is 1.50 bits per heavy atom.